The Hall–Kier alpha value is -0.130. The standard InChI is InChI=1S/C6H15NO3S/c1-6(11(8,9)10)4-5-7(2)3/h6H,4-5H2,1-3H3,(H,8,9,10)/p-1. The lowest BCUT2D eigenvalue weighted by Gasteiger charge is -2.17. The number of hydrogen-bond donors (Lipinski definition) is 0. The van der Waals surface area contributed by atoms with Gasteiger partial charge >= 0.3 is 0 Å². The summed E-state index contributed by atoms with van der Waals surface area (Å²) in [6, 6.07) is 0. The van der Waals surface area contributed by atoms with Gasteiger partial charge in [-0.1, -0.05) is 0 Å². The molecular weight excluding hydrogens is 166 g/mol. The van der Waals surface area contributed by atoms with Crippen molar-refractivity contribution in [1.82, 2.24) is 4.90 Å². The fourth-order valence-electron chi connectivity index (χ4n) is 0.584. The van der Waals surface area contributed by atoms with E-state index in [4.69, 9.17) is 0 Å². The molecule has 0 rings (SSSR count). The number of hydrogen-bond acceptors (Lipinski definition) is 4. The summed E-state index contributed by atoms with van der Waals surface area (Å²) in [5, 5.41) is -0.773. The van der Waals surface area contributed by atoms with E-state index >= 15 is 0 Å². The zero-order valence-electron chi connectivity index (χ0n) is 7.07. The molecule has 1 atom stereocenters. The Balaban J connectivity index is 3.81. The van der Waals surface area contributed by atoms with Crippen LogP contribution < -0.4 is 0 Å². The van der Waals surface area contributed by atoms with Gasteiger partial charge in [0, 0.05) is 5.25 Å². The third-order valence-corrected chi connectivity index (χ3v) is 2.70. The van der Waals surface area contributed by atoms with Gasteiger partial charge in [-0.3, -0.25) is 0 Å². The number of rotatable bonds is 4. The summed E-state index contributed by atoms with van der Waals surface area (Å²) in [6.07, 6.45) is 0.402. The van der Waals surface area contributed by atoms with Crippen LogP contribution in [0.15, 0.2) is 0 Å². The van der Waals surface area contributed by atoms with Crippen molar-refractivity contribution in [3.63, 3.8) is 0 Å². The molecule has 4 nitrogen and oxygen atoms in total. The molecule has 0 aliphatic carbocycles. The van der Waals surface area contributed by atoms with Gasteiger partial charge in [0.25, 0.3) is 0 Å². The molecule has 0 N–H and O–H groups in total. The maximum atomic E-state index is 10.4. The fraction of sp³-hybridized carbons (Fsp3) is 1.00. The molecule has 68 valence electrons. The molecular formula is C6H14NO3S-. The van der Waals surface area contributed by atoms with Crippen molar-refractivity contribution in [2.45, 2.75) is 18.6 Å². The molecule has 0 spiro atoms. The first-order chi connectivity index (χ1) is 4.84. The molecule has 5 heteroatoms. The van der Waals surface area contributed by atoms with E-state index in [1.807, 2.05) is 19.0 Å². The Labute approximate surface area is 68.0 Å². The van der Waals surface area contributed by atoms with Gasteiger partial charge in [0.15, 0.2) is 0 Å². The van der Waals surface area contributed by atoms with Crippen molar-refractivity contribution in [3.8, 4) is 0 Å². The summed E-state index contributed by atoms with van der Waals surface area (Å²) >= 11 is 0. The van der Waals surface area contributed by atoms with Crippen molar-refractivity contribution >= 4 is 10.1 Å². The SMILES string of the molecule is CC(CCN(C)C)S(=O)(=O)[O-]. The van der Waals surface area contributed by atoms with Crippen molar-refractivity contribution in [2.75, 3.05) is 20.6 Å². The van der Waals surface area contributed by atoms with Crippen molar-refractivity contribution in [3.05, 3.63) is 0 Å². The second-order valence-electron chi connectivity index (χ2n) is 2.90. The minimum Gasteiger partial charge on any atom is -0.748 e. The first-order valence-corrected chi connectivity index (χ1v) is 4.90. The van der Waals surface area contributed by atoms with E-state index in [0.29, 0.717) is 13.0 Å². The lowest BCUT2D eigenvalue weighted by atomic mass is 10.3. The lowest BCUT2D eigenvalue weighted by molar-refractivity contribution is 0.386. The molecule has 0 aromatic heterocycles. The molecule has 0 fully saturated rings. The smallest absolute Gasteiger partial charge is 0.0973 e. The summed E-state index contributed by atoms with van der Waals surface area (Å²) in [7, 11) is -0.400. The maximum absolute atomic E-state index is 10.4. The molecule has 0 saturated heterocycles. The quantitative estimate of drug-likeness (QED) is 0.565. The van der Waals surface area contributed by atoms with Gasteiger partial charge in [-0.2, -0.15) is 0 Å². The van der Waals surface area contributed by atoms with Crippen LogP contribution in [0.4, 0.5) is 0 Å². The van der Waals surface area contributed by atoms with Crippen LogP contribution in [0.5, 0.6) is 0 Å². The van der Waals surface area contributed by atoms with E-state index in [1.54, 1.807) is 0 Å². The first-order valence-electron chi connectivity index (χ1n) is 3.43. The summed E-state index contributed by atoms with van der Waals surface area (Å²) in [5.74, 6) is 0. The Kier molecular flexibility index (Phi) is 3.99. The zero-order chi connectivity index (χ0) is 9.07. The predicted octanol–water partition coefficient (Wildman–Crippen LogP) is -0.128. The van der Waals surface area contributed by atoms with Crippen LogP contribution in [0.3, 0.4) is 0 Å². The normalized spacial score (nSPS) is 15.4. The van der Waals surface area contributed by atoms with Crippen molar-refractivity contribution in [2.24, 2.45) is 0 Å². The summed E-state index contributed by atoms with van der Waals surface area (Å²) in [4.78, 5) is 1.85. The molecule has 0 aromatic carbocycles. The van der Waals surface area contributed by atoms with Gasteiger partial charge in [0.05, 0.1) is 10.1 Å². The van der Waals surface area contributed by atoms with Crippen molar-refractivity contribution < 1.29 is 13.0 Å². The van der Waals surface area contributed by atoms with Gasteiger partial charge in [0.1, 0.15) is 0 Å². The largest absolute Gasteiger partial charge is 0.748 e. The van der Waals surface area contributed by atoms with E-state index in [2.05, 4.69) is 0 Å². The van der Waals surface area contributed by atoms with E-state index in [1.165, 1.54) is 6.92 Å². The highest BCUT2D eigenvalue weighted by atomic mass is 32.2. The molecule has 11 heavy (non-hydrogen) atoms. The second kappa shape index (κ2) is 4.04. The molecule has 1 unspecified atom stereocenters. The monoisotopic (exact) mass is 180 g/mol. The Bertz CT molecular complexity index is 198. The summed E-state index contributed by atoms with van der Waals surface area (Å²) in [5.41, 5.74) is 0. The summed E-state index contributed by atoms with van der Waals surface area (Å²) < 4.78 is 31.1. The Morgan fingerprint density at radius 1 is 1.45 bits per heavy atom. The zero-order valence-corrected chi connectivity index (χ0v) is 7.89. The molecule has 0 bridgehead atoms. The van der Waals surface area contributed by atoms with Crippen LogP contribution in [0.1, 0.15) is 13.3 Å². The molecule has 0 radical (unpaired) electrons. The molecule has 0 saturated carbocycles. The van der Waals surface area contributed by atoms with Crippen LogP contribution >= 0.6 is 0 Å². The van der Waals surface area contributed by atoms with Gasteiger partial charge < -0.3 is 9.45 Å². The van der Waals surface area contributed by atoms with Gasteiger partial charge in [-0.15, -0.1) is 0 Å². The van der Waals surface area contributed by atoms with Gasteiger partial charge in [-0.25, -0.2) is 8.42 Å². The molecule has 0 aliphatic rings. The van der Waals surface area contributed by atoms with Gasteiger partial charge in [0.2, 0.25) is 0 Å². The molecule has 0 amide bonds. The van der Waals surface area contributed by atoms with Crippen LogP contribution in [-0.4, -0.2) is 43.8 Å². The predicted molar refractivity (Wildman–Crippen MR) is 42.3 cm³/mol. The summed E-state index contributed by atoms with van der Waals surface area (Å²) in [6.45, 7) is 2.06. The average Bonchev–Trinajstić information content (AvgIpc) is 1.80. The van der Waals surface area contributed by atoms with E-state index in [0.717, 1.165) is 0 Å². The fourth-order valence-corrected chi connectivity index (χ4v) is 0.978. The van der Waals surface area contributed by atoms with E-state index in [9.17, 15) is 13.0 Å². The van der Waals surface area contributed by atoms with Crippen LogP contribution in [0.2, 0.25) is 0 Å². The Morgan fingerprint density at radius 3 is 2.18 bits per heavy atom. The second-order valence-corrected chi connectivity index (χ2v) is 4.69. The van der Waals surface area contributed by atoms with E-state index in [-0.39, 0.29) is 0 Å². The molecule has 0 aliphatic heterocycles. The van der Waals surface area contributed by atoms with Gasteiger partial charge in [-0.05, 0) is 34.0 Å². The molecule has 0 aromatic rings. The van der Waals surface area contributed by atoms with Crippen LogP contribution in [-0.2, 0) is 10.1 Å². The third kappa shape index (κ3) is 5.17. The molecule has 0 heterocycles. The highest BCUT2D eigenvalue weighted by molar-refractivity contribution is 7.86. The highest BCUT2D eigenvalue weighted by Crippen LogP contribution is 2.02. The Morgan fingerprint density at radius 2 is 1.91 bits per heavy atom. The third-order valence-electron chi connectivity index (χ3n) is 1.48. The highest BCUT2D eigenvalue weighted by Gasteiger charge is 2.08. The maximum Gasteiger partial charge on any atom is 0.0973 e. The minimum absolute atomic E-state index is 0.402. The van der Waals surface area contributed by atoms with Crippen molar-refractivity contribution in [1.29, 1.82) is 0 Å². The number of nitrogens with zero attached hydrogens (tertiary/aromatic N) is 1. The first kappa shape index (κ1) is 10.9. The average molecular weight is 180 g/mol. The topological polar surface area (TPSA) is 60.4 Å². The minimum atomic E-state index is -4.08. The van der Waals surface area contributed by atoms with Crippen LogP contribution in [0.25, 0.3) is 0 Å². The van der Waals surface area contributed by atoms with E-state index < -0.39 is 15.4 Å². The lowest BCUT2D eigenvalue weighted by Crippen LogP contribution is -2.23. The van der Waals surface area contributed by atoms with Crippen LogP contribution in [0, 0.1) is 0 Å².